The van der Waals surface area contributed by atoms with Crippen LogP contribution in [0.25, 0.3) is 5.57 Å². The van der Waals surface area contributed by atoms with E-state index in [9.17, 15) is 0 Å². The number of aromatic nitrogens is 1. The largest absolute Gasteiger partial charge is 0.416 e. The van der Waals surface area contributed by atoms with Crippen molar-refractivity contribution in [1.82, 2.24) is 10.5 Å². The minimum absolute atomic E-state index is 0.695. The fourth-order valence-electron chi connectivity index (χ4n) is 1.41. The van der Waals surface area contributed by atoms with Gasteiger partial charge in [0.25, 0.3) is 0 Å². The lowest BCUT2D eigenvalue weighted by molar-refractivity contribution is 0.168. The number of hydrogen-bond donors (Lipinski definition) is 2. The van der Waals surface area contributed by atoms with Crippen LogP contribution in [0.3, 0.4) is 0 Å². The van der Waals surface area contributed by atoms with Crippen LogP contribution in [-0.2, 0) is 11.3 Å². The van der Waals surface area contributed by atoms with Crippen molar-refractivity contribution in [2.75, 3.05) is 12.3 Å². The molecule has 0 saturated carbocycles. The van der Waals surface area contributed by atoms with E-state index in [0.717, 1.165) is 28.9 Å². The third-order valence-electron chi connectivity index (χ3n) is 2.28. The Balaban J connectivity index is 2.35. The highest BCUT2D eigenvalue weighted by molar-refractivity contribution is 5.66. The van der Waals surface area contributed by atoms with E-state index in [-0.39, 0.29) is 0 Å². The number of hydrogen-bond acceptors (Lipinski definition) is 4. The smallest absolute Gasteiger partial charge is 0.118 e. The van der Waals surface area contributed by atoms with Crippen molar-refractivity contribution in [3.63, 3.8) is 0 Å². The van der Waals surface area contributed by atoms with Gasteiger partial charge in [0, 0.05) is 5.57 Å². The third kappa shape index (κ3) is 1.56. The fraction of sp³-hybridized carbons (Fsp3) is 0.300. The Hall–Kier alpha value is -1.55. The molecule has 2 heterocycles. The molecule has 1 aromatic rings. The molecule has 4 heteroatoms. The minimum atomic E-state index is 0.695. The molecular formula is C10H13N3O. The van der Waals surface area contributed by atoms with Crippen LogP contribution in [0.2, 0.25) is 0 Å². The summed E-state index contributed by atoms with van der Waals surface area (Å²) < 4.78 is 0. The molecule has 0 fully saturated rings. The van der Waals surface area contributed by atoms with Crippen molar-refractivity contribution in [2.24, 2.45) is 0 Å². The molecule has 4 nitrogen and oxygen atoms in total. The summed E-state index contributed by atoms with van der Waals surface area (Å²) in [4.78, 5) is 9.19. The zero-order valence-corrected chi connectivity index (χ0v) is 8.08. The summed E-state index contributed by atoms with van der Waals surface area (Å²) in [5.41, 5.74) is 12.4. The molecule has 3 N–H and O–H groups in total. The van der Waals surface area contributed by atoms with Crippen molar-refractivity contribution in [3.05, 3.63) is 29.8 Å². The minimum Gasteiger partial charge on any atom is -0.416 e. The van der Waals surface area contributed by atoms with Crippen molar-refractivity contribution in [3.8, 4) is 0 Å². The summed E-state index contributed by atoms with van der Waals surface area (Å²) in [7, 11) is 0. The number of nitrogen functional groups attached to an aromatic ring is 1. The first kappa shape index (κ1) is 9.02. The van der Waals surface area contributed by atoms with Gasteiger partial charge in [0.1, 0.15) is 6.26 Å². The summed E-state index contributed by atoms with van der Waals surface area (Å²) in [6.07, 6.45) is 4.30. The molecule has 1 aliphatic rings. The molecule has 0 saturated heterocycles. The van der Waals surface area contributed by atoms with Crippen molar-refractivity contribution in [2.45, 2.75) is 13.3 Å². The van der Waals surface area contributed by atoms with E-state index >= 15 is 0 Å². The van der Waals surface area contributed by atoms with Crippen molar-refractivity contribution >= 4 is 11.3 Å². The third-order valence-corrected chi connectivity index (χ3v) is 2.28. The van der Waals surface area contributed by atoms with E-state index in [0.29, 0.717) is 6.54 Å². The van der Waals surface area contributed by atoms with Crippen LogP contribution in [0.1, 0.15) is 18.2 Å². The predicted molar refractivity (Wildman–Crippen MR) is 55.1 cm³/mol. The van der Waals surface area contributed by atoms with Crippen LogP contribution in [0.15, 0.2) is 18.5 Å². The van der Waals surface area contributed by atoms with E-state index in [4.69, 9.17) is 10.6 Å². The highest BCUT2D eigenvalue weighted by Gasteiger charge is 2.10. The van der Waals surface area contributed by atoms with Gasteiger partial charge in [0.2, 0.25) is 0 Å². The van der Waals surface area contributed by atoms with Gasteiger partial charge in [-0.15, -0.1) is 0 Å². The van der Waals surface area contributed by atoms with Gasteiger partial charge >= 0.3 is 0 Å². The van der Waals surface area contributed by atoms with Gasteiger partial charge in [0.05, 0.1) is 24.1 Å². The molecule has 0 aliphatic carbocycles. The lowest BCUT2D eigenvalue weighted by Crippen LogP contribution is -2.06. The van der Waals surface area contributed by atoms with Crippen LogP contribution < -0.4 is 11.2 Å². The molecular weight excluding hydrogens is 178 g/mol. The quantitative estimate of drug-likeness (QED) is 0.735. The lowest BCUT2D eigenvalue weighted by atomic mass is 10.1. The normalized spacial score (nSPS) is 15.1. The number of nitrogens with two attached hydrogens (primary N) is 1. The topological polar surface area (TPSA) is 60.2 Å². The Morgan fingerprint density at radius 1 is 1.64 bits per heavy atom. The SMILES string of the molecule is CCc1cc(C2=CONC2)ncc1N. The van der Waals surface area contributed by atoms with Gasteiger partial charge in [0.15, 0.2) is 0 Å². The van der Waals surface area contributed by atoms with Crippen LogP contribution >= 0.6 is 0 Å². The van der Waals surface area contributed by atoms with Gasteiger partial charge in [-0.3, -0.25) is 4.98 Å². The summed E-state index contributed by atoms with van der Waals surface area (Å²) in [5, 5.41) is 0. The lowest BCUT2D eigenvalue weighted by Gasteiger charge is -2.05. The Morgan fingerprint density at radius 3 is 3.14 bits per heavy atom. The maximum atomic E-state index is 5.77. The molecule has 0 radical (unpaired) electrons. The molecule has 2 rings (SSSR count). The molecule has 14 heavy (non-hydrogen) atoms. The average Bonchev–Trinajstić information content (AvgIpc) is 2.71. The zero-order valence-electron chi connectivity index (χ0n) is 8.08. The molecule has 0 aromatic carbocycles. The molecule has 1 aromatic heterocycles. The summed E-state index contributed by atoms with van der Waals surface area (Å²) in [6, 6.07) is 2.01. The summed E-state index contributed by atoms with van der Waals surface area (Å²) >= 11 is 0. The second-order valence-electron chi connectivity index (χ2n) is 3.20. The molecule has 74 valence electrons. The number of hydroxylamine groups is 1. The number of aryl methyl sites for hydroxylation is 1. The summed E-state index contributed by atoms with van der Waals surface area (Å²) in [6.45, 7) is 2.77. The number of nitrogens with zero attached hydrogens (tertiary/aromatic N) is 1. The van der Waals surface area contributed by atoms with Gasteiger partial charge in [-0.1, -0.05) is 6.92 Å². The number of pyridine rings is 1. The molecule has 0 spiro atoms. The first-order valence-corrected chi connectivity index (χ1v) is 4.63. The van der Waals surface area contributed by atoms with Gasteiger partial charge < -0.3 is 10.6 Å². The Morgan fingerprint density at radius 2 is 2.50 bits per heavy atom. The first-order chi connectivity index (χ1) is 6.81. The highest BCUT2D eigenvalue weighted by Crippen LogP contribution is 2.19. The van der Waals surface area contributed by atoms with E-state index in [2.05, 4.69) is 17.4 Å². The molecule has 0 unspecified atom stereocenters. The first-order valence-electron chi connectivity index (χ1n) is 4.63. The number of nitrogens with one attached hydrogen (secondary N) is 1. The van der Waals surface area contributed by atoms with E-state index in [1.165, 1.54) is 0 Å². The monoisotopic (exact) mass is 191 g/mol. The highest BCUT2D eigenvalue weighted by atomic mass is 16.6. The van der Waals surface area contributed by atoms with Crippen LogP contribution in [0.4, 0.5) is 5.69 Å². The molecule has 1 aliphatic heterocycles. The van der Waals surface area contributed by atoms with Gasteiger partial charge in [-0.05, 0) is 18.1 Å². The second kappa shape index (κ2) is 3.67. The Bertz CT molecular complexity index is 374. The van der Waals surface area contributed by atoms with Gasteiger partial charge in [-0.2, -0.15) is 5.48 Å². The second-order valence-corrected chi connectivity index (χ2v) is 3.20. The van der Waals surface area contributed by atoms with Crippen LogP contribution in [0, 0.1) is 0 Å². The Labute approximate surface area is 82.7 Å². The maximum Gasteiger partial charge on any atom is 0.118 e. The van der Waals surface area contributed by atoms with Crippen molar-refractivity contribution < 1.29 is 4.84 Å². The Kier molecular flexibility index (Phi) is 2.37. The number of rotatable bonds is 2. The molecule has 0 bridgehead atoms. The summed E-state index contributed by atoms with van der Waals surface area (Å²) in [5.74, 6) is 0. The molecule has 0 atom stereocenters. The van der Waals surface area contributed by atoms with Crippen LogP contribution in [-0.4, -0.2) is 11.5 Å². The van der Waals surface area contributed by atoms with E-state index in [1.807, 2.05) is 6.07 Å². The van der Waals surface area contributed by atoms with Crippen molar-refractivity contribution in [1.29, 1.82) is 0 Å². The van der Waals surface area contributed by atoms with E-state index < -0.39 is 0 Å². The van der Waals surface area contributed by atoms with Gasteiger partial charge in [-0.25, -0.2) is 0 Å². The maximum absolute atomic E-state index is 5.77. The van der Waals surface area contributed by atoms with Crippen LogP contribution in [0.5, 0.6) is 0 Å². The predicted octanol–water partition coefficient (Wildman–Crippen LogP) is 1.10. The standard InChI is InChI=1S/C10H13N3O/c1-2-7-3-10(12-5-9(7)11)8-4-13-14-6-8/h3,5-6,13H,2,4,11H2,1H3. The van der Waals surface area contributed by atoms with E-state index in [1.54, 1.807) is 12.5 Å². The zero-order chi connectivity index (χ0) is 9.97. The molecule has 0 amide bonds. The fourth-order valence-corrected chi connectivity index (χ4v) is 1.41. The number of anilines is 1. The average molecular weight is 191 g/mol.